The van der Waals surface area contributed by atoms with Crippen molar-refractivity contribution in [2.75, 3.05) is 25.4 Å². The fraction of sp³-hybridized carbons (Fsp3) is 0.462. The molecule has 0 radical (unpaired) electrons. The summed E-state index contributed by atoms with van der Waals surface area (Å²) in [7, 11) is 0. The van der Waals surface area contributed by atoms with E-state index in [1.54, 1.807) is 11.0 Å². The van der Waals surface area contributed by atoms with Crippen molar-refractivity contribution in [1.29, 1.82) is 0 Å². The minimum Gasteiger partial charge on any atom is -0.396 e. The molecule has 2 aromatic carbocycles. The summed E-state index contributed by atoms with van der Waals surface area (Å²) in [4.78, 5) is 29.7. The summed E-state index contributed by atoms with van der Waals surface area (Å²) in [6.45, 7) is 12.7. The minimum absolute atomic E-state index is 0.0369. The van der Waals surface area contributed by atoms with Crippen molar-refractivity contribution in [2.45, 2.75) is 52.7 Å². The van der Waals surface area contributed by atoms with E-state index in [1.807, 2.05) is 45.0 Å². The van der Waals surface area contributed by atoms with E-state index in [2.05, 4.69) is 24.1 Å². The topological polar surface area (TPSA) is 78.7 Å². The predicted molar refractivity (Wildman–Crippen MR) is 129 cm³/mol. The molecule has 1 atom stereocenters. The highest BCUT2D eigenvalue weighted by atomic mass is 19.1. The van der Waals surface area contributed by atoms with Crippen LogP contribution in [0, 0.1) is 11.7 Å². The van der Waals surface area contributed by atoms with E-state index in [9.17, 15) is 14.0 Å². The molecule has 2 aromatic rings. The van der Waals surface area contributed by atoms with Crippen molar-refractivity contribution < 1.29 is 14.0 Å². The Morgan fingerprint density at radius 3 is 2.48 bits per heavy atom. The molecule has 1 aliphatic heterocycles. The molecule has 6 nitrogen and oxygen atoms in total. The van der Waals surface area contributed by atoms with Gasteiger partial charge in [-0.25, -0.2) is 4.39 Å². The van der Waals surface area contributed by atoms with E-state index in [-0.39, 0.29) is 29.1 Å². The van der Waals surface area contributed by atoms with Gasteiger partial charge >= 0.3 is 0 Å². The lowest BCUT2D eigenvalue weighted by Crippen LogP contribution is -2.56. The summed E-state index contributed by atoms with van der Waals surface area (Å²) in [5.41, 5.74) is 7.30. The number of nitrogens with zero attached hydrogens (tertiary/aromatic N) is 2. The van der Waals surface area contributed by atoms with Crippen LogP contribution in [0.4, 0.5) is 10.1 Å². The largest absolute Gasteiger partial charge is 0.396 e. The summed E-state index contributed by atoms with van der Waals surface area (Å²) < 4.78 is 13.9. The Morgan fingerprint density at radius 1 is 1.12 bits per heavy atom. The monoisotopic (exact) mass is 454 g/mol. The van der Waals surface area contributed by atoms with Crippen LogP contribution in [-0.4, -0.2) is 52.8 Å². The Bertz CT molecular complexity index is 1020. The van der Waals surface area contributed by atoms with E-state index in [1.165, 1.54) is 12.1 Å². The highest BCUT2D eigenvalue weighted by Crippen LogP contribution is 2.23. The van der Waals surface area contributed by atoms with Crippen molar-refractivity contribution in [2.24, 2.45) is 5.92 Å². The van der Waals surface area contributed by atoms with Gasteiger partial charge in [-0.1, -0.05) is 26.0 Å². The van der Waals surface area contributed by atoms with Crippen LogP contribution < -0.4 is 11.1 Å². The zero-order valence-electron chi connectivity index (χ0n) is 20.2. The third-order valence-corrected chi connectivity index (χ3v) is 5.90. The van der Waals surface area contributed by atoms with E-state index in [0.29, 0.717) is 43.2 Å². The van der Waals surface area contributed by atoms with Crippen LogP contribution in [0.25, 0.3) is 0 Å². The fourth-order valence-electron chi connectivity index (χ4n) is 4.16. The van der Waals surface area contributed by atoms with Gasteiger partial charge in [0.1, 0.15) is 5.82 Å². The lowest BCUT2D eigenvalue weighted by Gasteiger charge is -2.43. The number of hydrogen-bond acceptors (Lipinski definition) is 4. The summed E-state index contributed by atoms with van der Waals surface area (Å²) in [6.07, 6.45) is 0. The van der Waals surface area contributed by atoms with Crippen LogP contribution in [0.3, 0.4) is 0 Å². The third kappa shape index (κ3) is 6.32. The highest BCUT2D eigenvalue weighted by Gasteiger charge is 2.32. The number of nitrogens with one attached hydrogen (secondary N) is 1. The summed E-state index contributed by atoms with van der Waals surface area (Å²) >= 11 is 0. The number of hydrogen-bond donors (Lipinski definition) is 2. The predicted octanol–water partition coefficient (Wildman–Crippen LogP) is 3.92. The van der Waals surface area contributed by atoms with Gasteiger partial charge in [-0.2, -0.15) is 0 Å². The van der Waals surface area contributed by atoms with Gasteiger partial charge in [0.2, 0.25) is 0 Å². The van der Waals surface area contributed by atoms with Crippen LogP contribution >= 0.6 is 0 Å². The Balaban J connectivity index is 1.71. The second kappa shape index (κ2) is 9.91. The van der Waals surface area contributed by atoms with E-state index in [0.717, 1.165) is 5.56 Å². The summed E-state index contributed by atoms with van der Waals surface area (Å²) in [6, 6.07) is 12.1. The van der Waals surface area contributed by atoms with Gasteiger partial charge in [0.05, 0.1) is 5.69 Å². The summed E-state index contributed by atoms with van der Waals surface area (Å²) in [5, 5.41) is 3.00. The average Bonchev–Trinajstić information content (AvgIpc) is 2.74. The highest BCUT2D eigenvalue weighted by molar-refractivity contribution is 5.95. The van der Waals surface area contributed by atoms with Crippen molar-refractivity contribution in [3.8, 4) is 0 Å². The number of carbonyl (C=O) groups is 2. The quantitative estimate of drug-likeness (QED) is 0.672. The SMILES string of the molecule is CC(C)C1CN(C(=O)c2ccc(N)c(F)c2)CCN1Cc1cccc(C(=O)NC(C)(C)C)c1. The molecule has 33 heavy (non-hydrogen) atoms. The van der Waals surface area contributed by atoms with Crippen LogP contribution in [0.1, 0.15) is 60.9 Å². The maximum absolute atomic E-state index is 13.9. The molecule has 0 spiro atoms. The van der Waals surface area contributed by atoms with E-state index >= 15 is 0 Å². The van der Waals surface area contributed by atoms with Gasteiger partial charge in [-0.05, 0) is 62.6 Å². The molecule has 0 bridgehead atoms. The standard InChI is InChI=1S/C26H35FN4O2/c1-17(2)23-16-31(25(33)20-9-10-22(28)21(27)14-20)12-11-30(23)15-18-7-6-8-19(13-18)24(32)29-26(3,4)5/h6-10,13-14,17,23H,11-12,15-16,28H2,1-5H3,(H,29,32). The molecule has 0 saturated carbocycles. The minimum atomic E-state index is -0.574. The van der Waals surface area contributed by atoms with Crippen LogP contribution in [0.15, 0.2) is 42.5 Å². The van der Waals surface area contributed by atoms with Gasteiger partial charge < -0.3 is 16.0 Å². The third-order valence-electron chi connectivity index (χ3n) is 5.90. The first-order chi connectivity index (χ1) is 15.4. The Hall–Kier alpha value is -2.93. The number of halogens is 1. The van der Waals surface area contributed by atoms with Crippen molar-refractivity contribution in [3.05, 3.63) is 65.0 Å². The molecule has 0 aliphatic carbocycles. The number of piperazine rings is 1. The number of anilines is 1. The van der Waals surface area contributed by atoms with E-state index in [4.69, 9.17) is 5.73 Å². The zero-order chi connectivity index (χ0) is 24.3. The van der Waals surface area contributed by atoms with Crippen molar-refractivity contribution in [3.63, 3.8) is 0 Å². The summed E-state index contributed by atoms with van der Waals surface area (Å²) in [5.74, 6) is -0.526. The van der Waals surface area contributed by atoms with Crippen molar-refractivity contribution >= 4 is 17.5 Å². The molecular formula is C26H35FN4O2. The Labute approximate surface area is 195 Å². The van der Waals surface area contributed by atoms with Gasteiger partial charge in [0.15, 0.2) is 0 Å². The zero-order valence-corrected chi connectivity index (χ0v) is 20.2. The first-order valence-electron chi connectivity index (χ1n) is 11.4. The average molecular weight is 455 g/mol. The molecule has 178 valence electrons. The van der Waals surface area contributed by atoms with Gasteiger partial charge in [-0.3, -0.25) is 14.5 Å². The lowest BCUT2D eigenvalue weighted by molar-refractivity contribution is 0.0342. The number of benzene rings is 2. The molecule has 2 amide bonds. The first kappa shape index (κ1) is 24.7. The molecule has 1 heterocycles. The number of nitrogens with two attached hydrogens (primary N) is 1. The molecule has 3 rings (SSSR count). The molecule has 1 aliphatic rings. The molecule has 1 fully saturated rings. The van der Waals surface area contributed by atoms with Gasteiger partial charge in [0.25, 0.3) is 11.8 Å². The van der Waals surface area contributed by atoms with Crippen LogP contribution in [0.5, 0.6) is 0 Å². The van der Waals surface area contributed by atoms with Gasteiger partial charge in [-0.15, -0.1) is 0 Å². The fourth-order valence-corrected chi connectivity index (χ4v) is 4.16. The van der Waals surface area contributed by atoms with Crippen molar-refractivity contribution in [1.82, 2.24) is 15.1 Å². The smallest absolute Gasteiger partial charge is 0.254 e. The maximum Gasteiger partial charge on any atom is 0.254 e. The number of amides is 2. The molecule has 7 heteroatoms. The van der Waals surface area contributed by atoms with Crippen LogP contribution in [-0.2, 0) is 6.54 Å². The Kier molecular flexibility index (Phi) is 7.42. The number of carbonyl (C=O) groups excluding carboxylic acids is 2. The van der Waals surface area contributed by atoms with E-state index < -0.39 is 5.82 Å². The molecule has 1 saturated heterocycles. The lowest BCUT2D eigenvalue weighted by atomic mass is 9.97. The maximum atomic E-state index is 13.9. The first-order valence-corrected chi connectivity index (χ1v) is 11.4. The van der Waals surface area contributed by atoms with Crippen LogP contribution in [0.2, 0.25) is 0 Å². The molecule has 3 N–H and O–H groups in total. The normalized spacial score (nSPS) is 17.3. The second-order valence-corrected chi connectivity index (χ2v) is 10.2. The second-order valence-electron chi connectivity index (χ2n) is 10.2. The number of rotatable bonds is 5. The Morgan fingerprint density at radius 2 is 1.85 bits per heavy atom. The van der Waals surface area contributed by atoms with Gasteiger partial charge in [0, 0.05) is 48.9 Å². The molecule has 1 unspecified atom stereocenters. The molecular weight excluding hydrogens is 419 g/mol. The molecule has 0 aromatic heterocycles. The number of nitrogen functional groups attached to an aromatic ring is 1.